The summed E-state index contributed by atoms with van der Waals surface area (Å²) in [6.07, 6.45) is 0. The molecule has 4 aromatic heterocycles. The Bertz CT molecular complexity index is 1700. The highest BCUT2D eigenvalue weighted by molar-refractivity contribution is 7.22. The number of thiophene rings is 1. The molecule has 2 aromatic carbocycles. The van der Waals surface area contributed by atoms with Gasteiger partial charge in [0.1, 0.15) is 5.58 Å². The van der Waals surface area contributed by atoms with Crippen molar-refractivity contribution < 1.29 is 4.42 Å². The maximum atomic E-state index is 6.23. The first-order valence-electron chi connectivity index (χ1n) is 12.2. The van der Waals surface area contributed by atoms with E-state index in [0.717, 1.165) is 38.8 Å². The van der Waals surface area contributed by atoms with Crippen LogP contribution in [0.25, 0.3) is 54.0 Å². The van der Waals surface area contributed by atoms with E-state index in [0.29, 0.717) is 17.5 Å². The Labute approximate surface area is 209 Å². The van der Waals surface area contributed by atoms with E-state index in [1.54, 1.807) is 0 Å². The predicted octanol–water partition coefficient (Wildman–Crippen LogP) is 9.48. The Morgan fingerprint density at radius 1 is 0.771 bits per heavy atom. The van der Waals surface area contributed by atoms with E-state index in [9.17, 15) is 0 Å². The third-order valence-electron chi connectivity index (χ3n) is 6.75. The zero-order chi connectivity index (χ0) is 24.3. The summed E-state index contributed by atoms with van der Waals surface area (Å²) in [5.41, 5.74) is 9.46. The Hall–Kier alpha value is -3.50. The summed E-state index contributed by atoms with van der Waals surface area (Å²) in [7, 11) is 0. The van der Waals surface area contributed by atoms with Crippen molar-refractivity contribution in [3.63, 3.8) is 0 Å². The number of rotatable bonds is 4. The SMILES string of the molecule is Cc1ccc2c(n1)oc1c(-c3ccc4sc(-c5cc(C(C)C)cc(C(C)C)c5)cc4n3)cccc12. The highest BCUT2D eigenvalue weighted by atomic mass is 32.1. The van der Waals surface area contributed by atoms with Crippen molar-refractivity contribution in [1.82, 2.24) is 9.97 Å². The van der Waals surface area contributed by atoms with Crippen LogP contribution in [-0.4, -0.2) is 9.97 Å². The first-order chi connectivity index (χ1) is 16.9. The van der Waals surface area contributed by atoms with Crippen LogP contribution in [0.4, 0.5) is 0 Å². The molecule has 0 aliphatic rings. The molecule has 0 atom stereocenters. The lowest BCUT2D eigenvalue weighted by molar-refractivity contribution is 0.653. The monoisotopic (exact) mass is 476 g/mol. The molecular formula is C31H28N2OS. The van der Waals surface area contributed by atoms with Gasteiger partial charge < -0.3 is 4.42 Å². The van der Waals surface area contributed by atoms with Crippen LogP contribution in [0.5, 0.6) is 0 Å². The van der Waals surface area contributed by atoms with Gasteiger partial charge in [-0.3, -0.25) is 0 Å². The van der Waals surface area contributed by atoms with Gasteiger partial charge in [-0.05, 0) is 71.8 Å². The van der Waals surface area contributed by atoms with Crippen LogP contribution >= 0.6 is 11.3 Å². The molecule has 0 radical (unpaired) electrons. The Balaban J connectivity index is 1.48. The van der Waals surface area contributed by atoms with E-state index in [-0.39, 0.29) is 0 Å². The van der Waals surface area contributed by atoms with Crippen molar-refractivity contribution >= 4 is 43.6 Å². The molecule has 0 N–H and O–H groups in total. The number of aryl methyl sites for hydroxylation is 1. The molecule has 174 valence electrons. The fourth-order valence-electron chi connectivity index (χ4n) is 4.67. The predicted molar refractivity (Wildman–Crippen MR) is 148 cm³/mol. The third kappa shape index (κ3) is 3.82. The summed E-state index contributed by atoms with van der Waals surface area (Å²) in [4.78, 5) is 10.9. The number of benzene rings is 2. The van der Waals surface area contributed by atoms with Crippen LogP contribution < -0.4 is 0 Å². The van der Waals surface area contributed by atoms with Crippen LogP contribution in [0.2, 0.25) is 0 Å². The van der Waals surface area contributed by atoms with Gasteiger partial charge in [0.15, 0.2) is 0 Å². The minimum Gasteiger partial charge on any atom is -0.437 e. The average molecular weight is 477 g/mol. The van der Waals surface area contributed by atoms with Crippen LogP contribution in [0.3, 0.4) is 0 Å². The van der Waals surface area contributed by atoms with E-state index < -0.39 is 0 Å². The van der Waals surface area contributed by atoms with Gasteiger partial charge in [-0.15, -0.1) is 11.3 Å². The molecule has 0 bridgehead atoms. The average Bonchev–Trinajstić information content (AvgIpc) is 3.44. The van der Waals surface area contributed by atoms with Gasteiger partial charge in [0.25, 0.3) is 0 Å². The second kappa shape index (κ2) is 8.31. The standard InChI is InChI=1S/C31H28N2OS/c1-17(2)20-13-21(18(3)4)15-22(14-20)29-16-27-28(35-29)12-11-26(33-27)25-8-6-7-23-24-10-9-19(5)32-31(24)34-30(23)25/h6-18H,1-5H3. The van der Waals surface area contributed by atoms with Crippen molar-refractivity contribution in [3.05, 3.63) is 83.6 Å². The van der Waals surface area contributed by atoms with Gasteiger partial charge in [0.05, 0.1) is 15.9 Å². The van der Waals surface area contributed by atoms with Gasteiger partial charge >= 0.3 is 0 Å². The third-order valence-corrected chi connectivity index (χ3v) is 7.89. The van der Waals surface area contributed by atoms with Crippen molar-refractivity contribution in [2.45, 2.75) is 46.5 Å². The van der Waals surface area contributed by atoms with E-state index in [1.807, 2.05) is 24.3 Å². The van der Waals surface area contributed by atoms with Crippen LogP contribution in [0.15, 0.2) is 71.1 Å². The zero-order valence-electron chi connectivity index (χ0n) is 20.7. The van der Waals surface area contributed by atoms with E-state index in [2.05, 4.69) is 93.3 Å². The molecule has 3 nitrogen and oxygen atoms in total. The number of hydrogen-bond donors (Lipinski definition) is 0. The largest absolute Gasteiger partial charge is 0.437 e. The van der Waals surface area contributed by atoms with Gasteiger partial charge in [0.2, 0.25) is 5.71 Å². The number of furan rings is 1. The lowest BCUT2D eigenvalue weighted by Crippen LogP contribution is -1.94. The smallest absolute Gasteiger partial charge is 0.227 e. The van der Waals surface area contributed by atoms with Crippen molar-refractivity contribution in [3.8, 4) is 21.7 Å². The first kappa shape index (κ1) is 22.0. The van der Waals surface area contributed by atoms with Crippen LogP contribution in [0, 0.1) is 6.92 Å². The Kier molecular flexibility index (Phi) is 5.23. The fourth-order valence-corrected chi connectivity index (χ4v) is 5.66. The molecule has 4 heterocycles. The molecule has 0 aliphatic carbocycles. The van der Waals surface area contributed by atoms with E-state index >= 15 is 0 Å². The Morgan fingerprint density at radius 3 is 2.29 bits per heavy atom. The molecule has 0 fully saturated rings. The van der Waals surface area contributed by atoms with Crippen molar-refractivity contribution in [1.29, 1.82) is 0 Å². The van der Waals surface area contributed by atoms with E-state index in [1.165, 1.54) is 26.3 Å². The molecule has 0 aliphatic heterocycles. The normalized spacial score (nSPS) is 12.1. The van der Waals surface area contributed by atoms with Gasteiger partial charge in [-0.2, -0.15) is 0 Å². The molecule has 0 unspecified atom stereocenters. The summed E-state index contributed by atoms with van der Waals surface area (Å²) in [5.74, 6) is 0.989. The maximum Gasteiger partial charge on any atom is 0.227 e. The van der Waals surface area contributed by atoms with Crippen LogP contribution in [-0.2, 0) is 0 Å². The van der Waals surface area contributed by atoms with Gasteiger partial charge in [-0.1, -0.05) is 58.0 Å². The zero-order valence-corrected chi connectivity index (χ0v) is 21.5. The molecule has 0 spiro atoms. The lowest BCUT2D eigenvalue weighted by Gasteiger charge is -2.13. The van der Waals surface area contributed by atoms with Crippen molar-refractivity contribution in [2.24, 2.45) is 0 Å². The maximum absolute atomic E-state index is 6.23. The van der Waals surface area contributed by atoms with Gasteiger partial charge in [0, 0.05) is 26.9 Å². The number of aromatic nitrogens is 2. The number of nitrogens with zero attached hydrogens (tertiary/aromatic N) is 2. The molecule has 35 heavy (non-hydrogen) atoms. The summed E-state index contributed by atoms with van der Waals surface area (Å²) < 4.78 is 7.42. The number of para-hydroxylation sites is 1. The Morgan fingerprint density at radius 2 is 1.54 bits per heavy atom. The molecule has 0 amide bonds. The minimum absolute atomic E-state index is 0.495. The van der Waals surface area contributed by atoms with Crippen LogP contribution in [0.1, 0.15) is 56.4 Å². The molecular weight excluding hydrogens is 448 g/mol. The summed E-state index contributed by atoms with van der Waals surface area (Å²) >= 11 is 1.81. The number of hydrogen-bond acceptors (Lipinski definition) is 4. The second-order valence-corrected chi connectivity index (χ2v) is 11.1. The molecule has 0 saturated heterocycles. The second-order valence-electron chi connectivity index (χ2n) is 9.98. The highest BCUT2D eigenvalue weighted by Gasteiger charge is 2.16. The highest BCUT2D eigenvalue weighted by Crippen LogP contribution is 2.39. The fraction of sp³-hybridized carbons (Fsp3) is 0.226. The van der Waals surface area contributed by atoms with Gasteiger partial charge in [-0.25, -0.2) is 9.97 Å². The molecule has 6 rings (SSSR count). The lowest BCUT2D eigenvalue weighted by atomic mass is 9.93. The first-order valence-corrected chi connectivity index (χ1v) is 13.0. The molecule has 4 heteroatoms. The number of pyridine rings is 2. The van der Waals surface area contributed by atoms with E-state index in [4.69, 9.17) is 9.40 Å². The summed E-state index contributed by atoms with van der Waals surface area (Å²) in [5, 5.41) is 2.11. The summed E-state index contributed by atoms with van der Waals surface area (Å²) in [6.45, 7) is 11.0. The topological polar surface area (TPSA) is 38.9 Å². The number of fused-ring (bicyclic) bond motifs is 4. The minimum atomic E-state index is 0.495. The quantitative estimate of drug-likeness (QED) is 0.254. The van der Waals surface area contributed by atoms with Crippen molar-refractivity contribution in [2.75, 3.05) is 0 Å². The molecule has 0 saturated carbocycles. The summed E-state index contributed by atoms with van der Waals surface area (Å²) in [6, 6.07) is 23.9. The molecule has 6 aromatic rings.